The smallest absolute Gasteiger partial charge is 0.204 e. The molecule has 26 heavy (non-hydrogen) atoms. The van der Waals surface area contributed by atoms with Crippen LogP contribution in [0.3, 0.4) is 0 Å². The Morgan fingerprint density at radius 3 is 2.58 bits per heavy atom. The molecule has 1 N–H and O–H groups in total. The number of aromatic nitrogens is 2. The van der Waals surface area contributed by atoms with Gasteiger partial charge in [0.05, 0.1) is 15.4 Å². The van der Waals surface area contributed by atoms with Gasteiger partial charge >= 0.3 is 0 Å². The van der Waals surface area contributed by atoms with Gasteiger partial charge in [-0.3, -0.25) is 9.59 Å². The van der Waals surface area contributed by atoms with Gasteiger partial charge in [-0.05, 0) is 12.5 Å². The summed E-state index contributed by atoms with van der Waals surface area (Å²) < 4.78 is 0.362. The van der Waals surface area contributed by atoms with Gasteiger partial charge in [-0.15, -0.1) is 16.8 Å². The molecule has 0 bridgehead atoms. The van der Waals surface area contributed by atoms with E-state index in [4.69, 9.17) is 0 Å². The third kappa shape index (κ3) is 3.41. The second-order valence-corrected chi connectivity index (χ2v) is 6.76. The van der Waals surface area contributed by atoms with Crippen molar-refractivity contribution in [3.8, 4) is 0 Å². The quantitative estimate of drug-likeness (QED) is 0.677. The highest BCUT2D eigenvalue weighted by Crippen LogP contribution is 2.15. The van der Waals surface area contributed by atoms with E-state index in [-0.39, 0.29) is 10.9 Å². The molecule has 0 fully saturated rings. The Morgan fingerprint density at radius 1 is 1.15 bits per heavy atom. The van der Waals surface area contributed by atoms with E-state index >= 15 is 0 Å². The zero-order valence-corrected chi connectivity index (χ0v) is 15.3. The number of nitrogens with zero attached hydrogens (tertiary/aromatic N) is 2. The van der Waals surface area contributed by atoms with Crippen molar-refractivity contribution in [2.24, 2.45) is 0 Å². The number of benzene rings is 1. The van der Waals surface area contributed by atoms with Crippen LogP contribution in [0.4, 0.5) is 5.13 Å². The summed E-state index contributed by atoms with van der Waals surface area (Å²) in [5.74, 6) is 0. The number of unbranched alkanes of at least 4 members (excludes halogenated alkanes) is 1. The van der Waals surface area contributed by atoms with Crippen LogP contribution in [-0.4, -0.2) is 16.7 Å². The van der Waals surface area contributed by atoms with Crippen LogP contribution in [0.15, 0.2) is 52.6 Å². The maximum absolute atomic E-state index is 13.1. The first-order chi connectivity index (χ1) is 12.7. The molecule has 0 amide bonds. The number of hydrogen-bond donors (Lipinski definition) is 1. The minimum Gasteiger partial charge on any atom is -0.357 e. The largest absolute Gasteiger partial charge is 0.357 e. The molecule has 6 heteroatoms. The normalized spacial score (nSPS) is 11.3. The Hall–Kier alpha value is -2.86. The van der Waals surface area contributed by atoms with Crippen LogP contribution < -0.4 is 16.2 Å². The second kappa shape index (κ2) is 8.01. The van der Waals surface area contributed by atoms with Crippen molar-refractivity contribution in [3.63, 3.8) is 0 Å². The second-order valence-electron chi connectivity index (χ2n) is 5.76. The maximum Gasteiger partial charge on any atom is 0.204 e. The molecule has 3 rings (SSSR count). The van der Waals surface area contributed by atoms with E-state index in [9.17, 15) is 9.59 Å². The minimum absolute atomic E-state index is 0.174. The molecule has 0 atom stereocenters. The first-order valence-corrected chi connectivity index (χ1v) is 9.26. The first-order valence-electron chi connectivity index (χ1n) is 8.45. The summed E-state index contributed by atoms with van der Waals surface area (Å²) in [4.78, 5) is 26.1. The van der Waals surface area contributed by atoms with E-state index in [1.54, 1.807) is 36.4 Å². The summed E-state index contributed by atoms with van der Waals surface area (Å²) in [6.45, 7) is 6.22. The fourth-order valence-corrected chi connectivity index (χ4v) is 3.59. The number of fused-ring (bicyclic) bond motifs is 1. The van der Waals surface area contributed by atoms with Crippen molar-refractivity contribution < 1.29 is 0 Å². The fraction of sp³-hybridized carbons (Fsp3) is 0.200. The molecule has 1 heterocycles. The minimum atomic E-state index is -0.192. The van der Waals surface area contributed by atoms with Crippen molar-refractivity contribution in [1.82, 2.24) is 10.2 Å². The molecule has 0 radical (unpaired) electrons. The van der Waals surface area contributed by atoms with Gasteiger partial charge in [-0.25, -0.2) is 0 Å². The molecule has 5 nitrogen and oxygen atoms in total. The lowest BCUT2D eigenvalue weighted by Gasteiger charge is -1.97. The van der Waals surface area contributed by atoms with Crippen LogP contribution in [0.1, 0.15) is 25.5 Å². The maximum atomic E-state index is 13.1. The van der Waals surface area contributed by atoms with E-state index in [0.29, 0.717) is 37.9 Å². The standard InChI is InChI=1S/C20H19N3O2S/c1-3-5-6-11-15-16-17(24)13-9-7-8-10-14(13)18(25)19(16)26-20(23-22-15)21-12-4-2/h4,6-11H,2-3,5,12H2,1H3,(H,21,23)/b11-6+. The van der Waals surface area contributed by atoms with Crippen molar-refractivity contribution in [2.45, 2.75) is 19.8 Å². The van der Waals surface area contributed by atoms with Gasteiger partial charge in [0, 0.05) is 17.3 Å². The SMILES string of the molecule is C=CCNc1nnc(/C=C/CCC)c2c(=O)c3ccccc3c(=O)c=2s1. The Morgan fingerprint density at radius 2 is 1.88 bits per heavy atom. The molecule has 0 aromatic heterocycles. The van der Waals surface area contributed by atoms with Crippen LogP contribution in [0.25, 0.3) is 16.8 Å². The lowest BCUT2D eigenvalue weighted by Crippen LogP contribution is -2.14. The lowest BCUT2D eigenvalue weighted by atomic mass is 10.1. The molecule has 0 spiro atoms. The summed E-state index contributed by atoms with van der Waals surface area (Å²) >= 11 is 1.15. The molecule has 1 aliphatic heterocycles. The van der Waals surface area contributed by atoms with E-state index in [1.807, 2.05) is 6.08 Å². The third-order valence-electron chi connectivity index (χ3n) is 3.91. The Balaban J connectivity index is 2.48. The van der Waals surface area contributed by atoms with Crippen LogP contribution in [0.5, 0.6) is 0 Å². The van der Waals surface area contributed by atoms with E-state index in [1.165, 1.54) is 0 Å². The third-order valence-corrected chi connectivity index (χ3v) is 4.92. The summed E-state index contributed by atoms with van der Waals surface area (Å²) in [5, 5.41) is 13.1. The molecular weight excluding hydrogens is 346 g/mol. The van der Waals surface area contributed by atoms with Gasteiger partial charge < -0.3 is 5.32 Å². The number of rotatable bonds is 6. The number of hydrogen-bond acceptors (Lipinski definition) is 6. The first kappa shape index (κ1) is 17.9. The van der Waals surface area contributed by atoms with Gasteiger partial charge in [0.2, 0.25) is 10.6 Å². The van der Waals surface area contributed by atoms with Gasteiger partial charge in [-0.2, -0.15) is 0 Å². The molecule has 1 aromatic rings. The molecule has 0 saturated heterocycles. The van der Waals surface area contributed by atoms with Crippen molar-refractivity contribution in [3.05, 3.63) is 78.9 Å². The molecule has 1 aromatic carbocycles. The lowest BCUT2D eigenvalue weighted by molar-refractivity contribution is 0.959. The van der Waals surface area contributed by atoms with Crippen LogP contribution >= 0.6 is 11.3 Å². The molecule has 2 aliphatic rings. The Labute approximate surface area is 154 Å². The van der Waals surface area contributed by atoms with Gasteiger partial charge in [0.1, 0.15) is 0 Å². The fourth-order valence-electron chi connectivity index (χ4n) is 2.66. The van der Waals surface area contributed by atoms with Crippen molar-refractivity contribution in [2.75, 3.05) is 11.9 Å². The molecular formula is C20H19N3O2S. The number of allylic oxidation sites excluding steroid dienone is 1. The average Bonchev–Trinajstić information content (AvgIpc) is 2.85. The number of anilines is 1. The van der Waals surface area contributed by atoms with Crippen LogP contribution in [-0.2, 0) is 0 Å². The summed E-state index contributed by atoms with van der Waals surface area (Å²) in [5.41, 5.74) is 0.0544. The molecule has 0 unspecified atom stereocenters. The number of nitrogens with one attached hydrogen (secondary N) is 1. The topological polar surface area (TPSA) is 72.0 Å². The Bertz CT molecular complexity index is 1170. The highest BCUT2D eigenvalue weighted by molar-refractivity contribution is 7.13. The zero-order chi connectivity index (χ0) is 18.5. The van der Waals surface area contributed by atoms with Crippen LogP contribution in [0.2, 0.25) is 0 Å². The Kier molecular flexibility index (Phi) is 5.53. The summed E-state index contributed by atoms with van der Waals surface area (Å²) in [7, 11) is 0. The van der Waals surface area contributed by atoms with Gasteiger partial charge in [-0.1, -0.05) is 61.1 Å². The molecule has 132 valence electrons. The highest BCUT2D eigenvalue weighted by atomic mass is 32.1. The summed E-state index contributed by atoms with van der Waals surface area (Å²) in [6.07, 6.45) is 7.26. The monoisotopic (exact) mass is 365 g/mol. The van der Waals surface area contributed by atoms with Crippen molar-refractivity contribution >= 4 is 33.3 Å². The average molecular weight is 365 g/mol. The van der Waals surface area contributed by atoms with E-state index < -0.39 is 0 Å². The van der Waals surface area contributed by atoms with Crippen LogP contribution in [0, 0.1) is 9.75 Å². The van der Waals surface area contributed by atoms with Crippen molar-refractivity contribution in [1.29, 1.82) is 0 Å². The zero-order valence-electron chi connectivity index (χ0n) is 14.5. The van der Waals surface area contributed by atoms with Gasteiger partial charge in [0.25, 0.3) is 0 Å². The predicted octanol–water partition coefficient (Wildman–Crippen LogP) is 3.55. The summed E-state index contributed by atoms with van der Waals surface area (Å²) in [6, 6.07) is 6.89. The highest BCUT2D eigenvalue weighted by Gasteiger charge is 2.11. The molecule has 0 saturated carbocycles. The van der Waals surface area contributed by atoms with Gasteiger partial charge in [0.15, 0.2) is 5.43 Å². The predicted molar refractivity (Wildman–Crippen MR) is 108 cm³/mol. The van der Waals surface area contributed by atoms with E-state index in [2.05, 4.69) is 29.0 Å². The molecule has 1 aliphatic carbocycles. The van der Waals surface area contributed by atoms with E-state index in [0.717, 1.165) is 24.2 Å².